The van der Waals surface area contributed by atoms with Crippen LogP contribution < -0.4 is 18.9 Å². The van der Waals surface area contributed by atoms with Gasteiger partial charge in [-0.2, -0.15) is 0 Å². The van der Waals surface area contributed by atoms with Crippen molar-refractivity contribution in [1.29, 1.82) is 0 Å². The van der Waals surface area contributed by atoms with Crippen molar-refractivity contribution in [3.05, 3.63) is 42.2 Å². The SMILES string of the molecule is COc1cccc(O[C@H](C2CCCC2)[C@H](C)OC(=O)[C@H](C)CC(=O)c2nccc(OC)c2OCOC(C)=O)c1. The van der Waals surface area contributed by atoms with Crippen LogP contribution in [-0.4, -0.2) is 55.9 Å². The number of methoxy groups -OCH3 is 2. The molecular formula is C29H37NO9. The quantitative estimate of drug-likeness (QED) is 0.187. The van der Waals surface area contributed by atoms with Crippen LogP contribution >= 0.6 is 0 Å². The van der Waals surface area contributed by atoms with Crippen molar-refractivity contribution < 1.29 is 42.8 Å². The third-order valence-electron chi connectivity index (χ3n) is 6.65. The number of benzene rings is 1. The number of hydrogen-bond donors (Lipinski definition) is 0. The molecule has 0 saturated heterocycles. The van der Waals surface area contributed by atoms with Crippen LogP contribution in [-0.2, 0) is 19.1 Å². The second-order valence-corrected chi connectivity index (χ2v) is 9.57. The van der Waals surface area contributed by atoms with E-state index in [2.05, 4.69) is 4.98 Å². The molecule has 1 aliphatic rings. The van der Waals surface area contributed by atoms with Crippen molar-refractivity contribution in [2.24, 2.45) is 11.8 Å². The Morgan fingerprint density at radius 2 is 1.74 bits per heavy atom. The van der Waals surface area contributed by atoms with Crippen molar-refractivity contribution >= 4 is 17.7 Å². The Kier molecular flexibility index (Phi) is 11.0. The number of pyridine rings is 1. The fourth-order valence-corrected chi connectivity index (χ4v) is 4.62. The summed E-state index contributed by atoms with van der Waals surface area (Å²) in [7, 11) is 3.01. The summed E-state index contributed by atoms with van der Waals surface area (Å²) in [6.07, 6.45) is 4.53. The molecule has 3 rings (SSSR count). The van der Waals surface area contributed by atoms with Gasteiger partial charge in [0.25, 0.3) is 0 Å². The maximum absolute atomic E-state index is 13.1. The highest BCUT2D eigenvalue weighted by Crippen LogP contribution is 2.34. The molecule has 0 bridgehead atoms. The van der Waals surface area contributed by atoms with Crippen LogP contribution in [0.15, 0.2) is 36.5 Å². The molecule has 39 heavy (non-hydrogen) atoms. The largest absolute Gasteiger partial charge is 0.497 e. The van der Waals surface area contributed by atoms with Crippen molar-refractivity contribution in [2.75, 3.05) is 21.0 Å². The average Bonchev–Trinajstić information content (AvgIpc) is 3.46. The number of aromatic nitrogens is 1. The second-order valence-electron chi connectivity index (χ2n) is 9.57. The Morgan fingerprint density at radius 3 is 2.41 bits per heavy atom. The van der Waals surface area contributed by atoms with E-state index in [1.165, 1.54) is 26.3 Å². The zero-order valence-electron chi connectivity index (χ0n) is 23.1. The van der Waals surface area contributed by atoms with Crippen molar-refractivity contribution in [3.8, 4) is 23.0 Å². The molecule has 3 atom stereocenters. The molecule has 0 radical (unpaired) electrons. The highest BCUT2D eigenvalue weighted by atomic mass is 16.7. The maximum Gasteiger partial charge on any atom is 0.309 e. The van der Waals surface area contributed by atoms with Gasteiger partial charge in [0, 0.05) is 31.7 Å². The standard InChI is InChI=1S/C29H37NO9/c1-18(15-24(32)26-28(37-17-36-20(3)31)25(35-5)13-14-30-26)29(33)38-19(2)27(21-9-6-7-10-21)39-23-12-8-11-22(16-23)34-4/h8,11-14,16,18-19,21,27H,6-7,9-10,15,17H2,1-5H3/t18-,19+,27+/m1/s1. The zero-order valence-corrected chi connectivity index (χ0v) is 23.1. The van der Waals surface area contributed by atoms with E-state index in [0.717, 1.165) is 25.7 Å². The van der Waals surface area contributed by atoms with E-state index in [0.29, 0.717) is 11.5 Å². The van der Waals surface area contributed by atoms with E-state index in [4.69, 9.17) is 28.4 Å². The lowest BCUT2D eigenvalue weighted by Gasteiger charge is -2.30. The number of hydrogen-bond acceptors (Lipinski definition) is 10. The van der Waals surface area contributed by atoms with Crippen LogP contribution in [0.25, 0.3) is 0 Å². The minimum Gasteiger partial charge on any atom is -0.497 e. The molecule has 212 valence electrons. The van der Waals surface area contributed by atoms with Gasteiger partial charge in [-0.05, 0) is 37.8 Å². The Bertz CT molecular complexity index is 1130. The first-order valence-corrected chi connectivity index (χ1v) is 13.1. The van der Waals surface area contributed by atoms with Crippen molar-refractivity contribution in [3.63, 3.8) is 0 Å². The van der Waals surface area contributed by atoms with Gasteiger partial charge in [-0.1, -0.05) is 25.8 Å². The van der Waals surface area contributed by atoms with Gasteiger partial charge in [0.15, 0.2) is 23.0 Å². The summed E-state index contributed by atoms with van der Waals surface area (Å²) in [4.78, 5) is 41.4. The third-order valence-corrected chi connectivity index (χ3v) is 6.65. The molecule has 0 N–H and O–H groups in total. The van der Waals surface area contributed by atoms with Crippen LogP contribution in [0.2, 0.25) is 0 Å². The van der Waals surface area contributed by atoms with E-state index < -0.39 is 36.5 Å². The van der Waals surface area contributed by atoms with Crippen LogP contribution in [0.1, 0.15) is 63.4 Å². The van der Waals surface area contributed by atoms with Gasteiger partial charge in [-0.15, -0.1) is 0 Å². The highest BCUT2D eigenvalue weighted by molar-refractivity contribution is 5.99. The summed E-state index contributed by atoms with van der Waals surface area (Å²) in [5.41, 5.74) is -0.0283. The normalized spacial score (nSPS) is 15.5. The predicted octanol–water partition coefficient (Wildman–Crippen LogP) is 4.78. The first-order valence-electron chi connectivity index (χ1n) is 13.1. The van der Waals surface area contributed by atoms with Gasteiger partial charge in [0.2, 0.25) is 6.79 Å². The smallest absolute Gasteiger partial charge is 0.309 e. The number of esters is 2. The van der Waals surface area contributed by atoms with Crippen molar-refractivity contribution in [1.82, 2.24) is 4.98 Å². The van der Waals surface area contributed by atoms with Gasteiger partial charge in [0.05, 0.1) is 20.1 Å². The minimum atomic E-state index is -0.754. The third kappa shape index (κ3) is 8.33. The van der Waals surface area contributed by atoms with Gasteiger partial charge in [-0.25, -0.2) is 4.98 Å². The highest BCUT2D eigenvalue weighted by Gasteiger charge is 2.35. The molecular weight excluding hydrogens is 506 g/mol. The fourth-order valence-electron chi connectivity index (χ4n) is 4.62. The first kappa shape index (κ1) is 29.7. The molecule has 1 fully saturated rings. The van der Waals surface area contributed by atoms with Gasteiger partial charge in [-0.3, -0.25) is 14.4 Å². The molecule has 1 heterocycles. The number of carbonyl (C=O) groups excluding carboxylic acids is 3. The second kappa shape index (κ2) is 14.4. The molecule has 0 aliphatic heterocycles. The molecule has 0 amide bonds. The van der Waals surface area contributed by atoms with E-state index in [-0.39, 0.29) is 35.6 Å². The first-order chi connectivity index (χ1) is 18.7. The molecule has 1 aromatic carbocycles. The number of ether oxygens (including phenoxy) is 6. The molecule has 2 aromatic rings. The minimum absolute atomic E-state index is 0.0283. The summed E-state index contributed by atoms with van der Waals surface area (Å²) in [6, 6.07) is 8.86. The Balaban J connectivity index is 1.67. The monoisotopic (exact) mass is 543 g/mol. The van der Waals surface area contributed by atoms with Gasteiger partial charge >= 0.3 is 11.9 Å². The average molecular weight is 544 g/mol. The lowest BCUT2D eigenvalue weighted by Crippen LogP contribution is -2.40. The van der Waals surface area contributed by atoms with Gasteiger partial charge in [0.1, 0.15) is 23.7 Å². The fraction of sp³-hybridized carbons (Fsp3) is 0.517. The van der Waals surface area contributed by atoms with Crippen LogP contribution in [0.4, 0.5) is 0 Å². The van der Waals surface area contributed by atoms with E-state index in [1.807, 2.05) is 25.1 Å². The number of carbonyl (C=O) groups is 3. The van der Waals surface area contributed by atoms with E-state index >= 15 is 0 Å². The molecule has 0 unspecified atom stereocenters. The lowest BCUT2D eigenvalue weighted by molar-refractivity contribution is -0.158. The summed E-state index contributed by atoms with van der Waals surface area (Å²) >= 11 is 0. The van der Waals surface area contributed by atoms with Crippen LogP contribution in [0.5, 0.6) is 23.0 Å². The molecule has 0 spiro atoms. The molecule has 10 nitrogen and oxygen atoms in total. The zero-order chi connectivity index (χ0) is 28.4. The number of ketones is 1. The summed E-state index contributed by atoms with van der Waals surface area (Å²) in [6.45, 7) is 4.27. The summed E-state index contributed by atoms with van der Waals surface area (Å²) < 4.78 is 33.0. The Labute approximate surface area is 228 Å². The Morgan fingerprint density at radius 1 is 1.03 bits per heavy atom. The van der Waals surface area contributed by atoms with E-state index in [9.17, 15) is 14.4 Å². The molecule has 1 aromatic heterocycles. The Hall–Kier alpha value is -3.82. The summed E-state index contributed by atoms with van der Waals surface area (Å²) in [5.74, 6) is -0.403. The number of rotatable bonds is 14. The van der Waals surface area contributed by atoms with Crippen LogP contribution in [0.3, 0.4) is 0 Å². The maximum atomic E-state index is 13.1. The predicted molar refractivity (Wildman–Crippen MR) is 141 cm³/mol. The molecule has 1 saturated carbocycles. The number of nitrogens with zero attached hydrogens (tertiary/aromatic N) is 1. The number of Topliss-reactive ketones (excluding diaryl/α,β-unsaturated/α-hetero) is 1. The molecule has 1 aliphatic carbocycles. The van der Waals surface area contributed by atoms with Gasteiger partial charge < -0.3 is 28.4 Å². The topological polar surface area (TPSA) is 119 Å². The summed E-state index contributed by atoms with van der Waals surface area (Å²) in [5, 5.41) is 0. The van der Waals surface area contributed by atoms with E-state index in [1.54, 1.807) is 20.1 Å². The lowest BCUT2D eigenvalue weighted by atomic mass is 9.96. The molecule has 10 heteroatoms. The van der Waals surface area contributed by atoms with Crippen LogP contribution in [0, 0.1) is 11.8 Å². The van der Waals surface area contributed by atoms with Crippen molar-refractivity contribution in [2.45, 2.75) is 65.1 Å².